The van der Waals surface area contributed by atoms with Gasteiger partial charge in [0.15, 0.2) is 9.74 Å². The summed E-state index contributed by atoms with van der Waals surface area (Å²) < 4.78 is 37.0. The lowest BCUT2D eigenvalue weighted by atomic mass is 10.1. The Kier molecular flexibility index (Phi) is 4.80. The Morgan fingerprint density at radius 2 is 2.04 bits per heavy atom. The summed E-state index contributed by atoms with van der Waals surface area (Å²) in [4.78, 5) is 23.6. The maximum Gasteiger partial charge on any atom is 0.343 e. The van der Waals surface area contributed by atoms with Crippen molar-refractivity contribution in [3.63, 3.8) is 0 Å². The molecule has 0 spiro atoms. The molecule has 0 fully saturated rings. The number of aromatic hydroxyl groups is 1. The van der Waals surface area contributed by atoms with Crippen molar-refractivity contribution >= 4 is 57.7 Å². The Hall–Kier alpha value is -2.34. The van der Waals surface area contributed by atoms with Crippen LogP contribution in [0.2, 0.25) is 0 Å². The Morgan fingerprint density at radius 1 is 1.31 bits per heavy atom. The van der Waals surface area contributed by atoms with Crippen LogP contribution in [0, 0.1) is 3.95 Å². The smallest absolute Gasteiger partial charge is 0.343 e. The van der Waals surface area contributed by atoms with Gasteiger partial charge in [-0.15, -0.1) is 11.3 Å². The molecular formula is C15H11NO7S3. The fourth-order valence-corrected chi connectivity index (χ4v) is 3.99. The SMILES string of the molecule is O=C1C=Cc2cc(=Cc3sc(=S)n(CCS(=O)(=O)O)c3O)c(=O)oc2=C1. The summed E-state index contributed by atoms with van der Waals surface area (Å²) in [6.45, 7) is -0.230. The molecule has 0 unspecified atom stereocenters. The van der Waals surface area contributed by atoms with Crippen LogP contribution in [0.1, 0.15) is 10.4 Å². The third kappa shape index (κ3) is 3.90. The molecule has 1 aliphatic rings. The number of ketones is 1. The third-order valence-corrected chi connectivity index (χ3v) is 5.57. The molecule has 1 aliphatic carbocycles. The summed E-state index contributed by atoms with van der Waals surface area (Å²) in [6, 6.07) is 1.51. The Bertz CT molecular complexity index is 1280. The van der Waals surface area contributed by atoms with Crippen molar-refractivity contribution in [2.24, 2.45) is 0 Å². The van der Waals surface area contributed by atoms with E-state index in [2.05, 4.69) is 0 Å². The minimum absolute atomic E-state index is 0.129. The van der Waals surface area contributed by atoms with Gasteiger partial charge in [-0.2, -0.15) is 8.42 Å². The second-order valence-electron chi connectivity index (χ2n) is 5.33. The lowest BCUT2D eigenvalue weighted by Crippen LogP contribution is -2.30. The van der Waals surface area contributed by atoms with Gasteiger partial charge in [-0.1, -0.05) is 0 Å². The van der Waals surface area contributed by atoms with Gasteiger partial charge in [0.1, 0.15) is 5.42 Å². The van der Waals surface area contributed by atoms with Gasteiger partial charge in [0.2, 0.25) is 5.88 Å². The Morgan fingerprint density at radius 3 is 2.73 bits per heavy atom. The lowest BCUT2D eigenvalue weighted by Gasteiger charge is -2.02. The molecule has 8 nitrogen and oxygen atoms in total. The van der Waals surface area contributed by atoms with Crippen LogP contribution in [-0.4, -0.2) is 34.2 Å². The highest BCUT2D eigenvalue weighted by Gasteiger charge is 2.14. The first kappa shape index (κ1) is 18.5. The first-order valence-corrected chi connectivity index (χ1v) is 9.95. The van der Waals surface area contributed by atoms with E-state index in [0.717, 1.165) is 15.9 Å². The van der Waals surface area contributed by atoms with Crippen LogP contribution < -0.4 is 16.3 Å². The zero-order valence-corrected chi connectivity index (χ0v) is 15.4. The van der Waals surface area contributed by atoms with Crippen LogP contribution in [0.25, 0.3) is 18.2 Å². The van der Waals surface area contributed by atoms with E-state index in [9.17, 15) is 23.1 Å². The van der Waals surface area contributed by atoms with Crippen molar-refractivity contribution in [2.75, 3.05) is 5.75 Å². The molecule has 2 aromatic heterocycles. The van der Waals surface area contributed by atoms with Gasteiger partial charge in [0, 0.05) is 18.2 Å². The summed E-state index contributed by atoms with van der Waals surface area (Å²) in [5, 5.41) is 10.4. The number of allylic oxidation sites excluding steroid dienone is 1. The molecule has 2 heterocycles. The van der Waals surface area contributed by atoms with Crippen molar-refractivity contribution in [3.8, 4) is 5.88 Å². The monoisotopic (exact) mass is 413 g/mol. The number of aromatic nitrogens is 1. The summed E-state index contributed by atoms with van der Waals surface area (Å²) in [7, 11) is -4.21. The van der Waals surface area contributed by atoms with Gasteiger partial charge in [-0.05, 0) is 36.5 Å². The molecule has 0 aromatic carbocycles. The predicted octanol–water partition coefficient (Wildman–Crippen LogP) is 0.0309. The maximum absolute atomic E-state index is 12.1. The van der Waals surface area contributed by atoms with E-state index in [-0.39, 0.29) is 37.7 Å². The van der Waals surface area contributed by atoms with E-state index < -0.39 is 21.5 Å². The van der Waals surface area contributed by atoms with Crippen LogP contribution in [0.3, 0.4) is 0 Å². The van der Waals surface area contributed by atoms with E-state index in [1.54, 1.807) is 0 Å². The topological polar surface area (TPSA) is 127 Å². The molecule has 2 aromatic rings. The van der Waals surface area contributed by atoms with Crippen LogP contribution in [0.4, 0.5) is 0 Å². The van der Waals surface area contributed by atoms with Gasteiger partial charge in [0.25, 0.3) is 10.1 Å². The molecular weight excluding hydrogens is 402 g/mol. The second-order valence-corrected chi connectivity index (χ2v) is 8.57. The van der Waals surface area contributed by atoms with Crippen molar-refractivity contribution in [1.82, 2.24) is 4.57 Å². The molecule has 0 bridgehead atoms. The van der Waals surface area contributed by atoms with Crippen molar-refractivity contribution in [3.05, 3.63) is 47.6 Å². The lowest BCUT2D eigenvalue weighted by molar-refractivity contribution is -0.109. The Labute approximate surface area is 155 Å². The summed E-state index contributed by atoms with van der Waals surface area (Å²) >= 11 is 6.05. The van der Waals surface area contributed by atoms with Crippen molar-refractivity contribution < 1.29 is 27.3 Å². The number of carbonyl (C=O) groups excluding carboxylic acids is 1. The highest BCUT2D eigenvalue weighted by molar-refractivity contribution is 7.85. The maximum atomic E-state index is 12.1. The normalized spacial score (nSPS) is 14.3. The molecule has 0 radical (unpaired) electrons. The van der Waals surface area contributed by atoms with E-state index in [4.69, 9.17) is 21.2 Å². The summed E-state index contributed by atoms with van der Waals surface area (Å²) in [5.74, 6) is -1.22. The molecule has 0 amide bonds. The van der Waals surface area contributed by atoms with Crippen LogP contribution in [0.15, 0.2) is 21.4 Å². The zero-order valence-electron chi connectivity index (χ0n) is 12.9. The van der Waals surface area contributed by atoms with Crippen LogP contribution in [-0.2, 0) is 21.5 Å². The highest BCUT2D eigenvalue weighted by atomic mass is 32.2. The Balaban J connectivity index is 2.08. The molecule has 0 saturated carbocycles. The third-order valence-electron chi connectivity index (χ3n) is 3.49. The quantitative estimate of drug-likeness (QED) is 0.531. The number of rotatable bonds is 4. The molecule has 2 N–H and O–H groups in total. The van der Waals surface area contributed by atoms with Crippen LogP contribution in [0.5, 0.6) is 5.88 Å². The second kappa shape index (κ2) is 6.76. The van der Waals surface area contributed by atoms with Gasteiger partial charge >= 0.3 is 5.63 Å². The molecule has 3 rings (SSSR count). The first-order valence-electron chi connectivity index (χ1n) is 7.11. The fraction of sp³-hybridized carbons (Fsp3) is 0.133. The molecule has 0 saturated heterocycles. The number of nitrogens with zero attached hydrogens (tertiary/aromatic N) is 1. The average Bonchev–Trinajstić information content (AvgIpc) is 2.79. The van der Waals surface area contributed by atoms with Crippen LogP contribution >= 0.6 is 23.6 Å². The summed E-state index contributed by atoms with van der Waals surface area (Å²) in [5.41, 5.74) is -0.0159. The van der Waals surface area contributed by atoms with E-state index in [0.29, 0.717) is 5.56 Å². The van der Waals surface area contributed by atoms with E-state index in [1.165, 1.54) is 30.4 Å². The molecule has 0 atom stereocenters. The van der Waals surface area contributed by atoms with Gasteiger partial charge in [-0.3, -0.25) is 13.9 Å². The molecule has 26 heavy (non-hydrogen) atoms. The highest BCUT2D eigenvalue weighted by Crippen LogP contribution is 2.26. The average molecular weight is 413 g/mol. The predicted molar refractivity (Wildman–Crippen MR) is 97.5 cm³/mol. The number of thiazole rings is 1. The number of hydrogen-bond acceptors (Lipinski definition) is 8. The van der Waals surface area contributed by atoms with E-state index >= 15 is 0 Å². The van der Waals surface area contributed by atoms with Crippen molar-refractivity contribution in [1.29, 1.82) is 0 Å². The largest absolute Gasteiger partial charge is 0.493 e. The number of hydrogen-bond donors (Lipinski definition) is 2. The molecule has 0 aliphatic heterocycles. The van der Waals surface area contributed by atoms with Gasteiger partial charge < -0.3 is 9.52 Å². The number of carbonyl (C=O) groups is 1. The minimum Gasteiger partial charge on any atom is -0.493 e. The molecule has 11 heteroatoms. The number of fused-ring (bicyclic) bond motifs is 1. The summed E-state index contributed by atoms with van der Waals surface area (Å²) in [6.07, 6.45) is 5.40. The van der Waals surface area contributed by atoms with Gasteiger partial charge in [-0.25, -0.2) is 4.79 Å². The molecule has 136 valence electrons. The van der Waals surface area contributed by atoms with Crippen molar-refractivity contribution in [2.45, 2.75) is 6.54 Å². The minimum atomic E-state index is -4.21. The standard InChI is InChI=1S/C15H11NO7S3/c17-10-2-1-8-5-9(14(19)23-11(8)7-10)6-12-13(18)16(15(24)25-12)3-4-26(20,21)22/h1-2,5-7,18H,3-4H2,(H,20,21,22). The zero-order chi connectivity index (χ0) is 19.1. The van der Waals surface area contributed by atoms with E-state index in [1.807, 2.05) is 0 Å². The van der Waals surface area contributed by atoms with Gasteiger partial charge in [0.05, 0.1) is 15.8 Å². The fourth-order valence-electron chi connectivity index (χ4n) is 2.26. The first-order chi connectivity index (χ1) is 12.1.